The van der Waals surface area contributed by atoms with Crippen molar-refractivity contribution in [2.45, 2.75) is 29.8 Å². The van der Waals surface area contributed by atoms with Gasteiger partial charge < -0.3 is 10.2 Å². The third-order valence-corrected chi connectivity index (χ3v) is 3.38. The van der Waals surface area contributed by atoms with Crippen molar-refractivity contribution in [3.8, 4) is 0 Å². The molecule has 2 N–H and O–H groups in total. The van der Waals surface area contributed by atoms with E-state index in [1.807, 2.05) is 0 Å². The summed E-state index contributed by atoms with van der Waals surface area (Å²) in [6.07, 6.45) is 3.37. The van der Waals surface area contributed by atoms with Gasteiger partial charge in [0, 0.05) is 10.5 Å². The highest BCUT2D eigenvalue weighted by Crippen LogP contribution is 2.30. The number of hydrogen-bond acceptors (Lipinski definition) is 3. The average molecular weight is 162 g/mol. The largest absolute Gasteiger partial charge is 0.395 e. The molecule has 1 fully saturated rings. The van der Waals surface area contributed by atoms with Gasteiger partial charge in [-0.3, -0.25) is 0 Å². The Bertz CT molecular complexity index is 87.6. The molecule has 0 amide bonds. The zero-order valence-electron chi connectivity index (χ0n) is 5.99. The molecule has 1 aliphatic heterocycles. The summed E-state index contributed by atoms with van der Waals surface area (Å²) in [5.74, 6) is 0. The number of aliphatic hydroxyl groups is 2. The summed E-state index contributed by atoms with van der Waals surface area (Å²) in [4.78, 5) is 0. The minimum Gasteiger partial charge on any atom is -0.395 e. The summed E-state index contributed by atoms with van der Waals surface area (Å²) in [5.41, 5.74) is 0. The van der Waals surface area contributed by atoms with Gasteiger partial charge in [-0.25, -0.2) is 0 Å². The molecule has 0 unspecified atom stereocenters. The van der Waals surface area contributed by atoms with Gasteiger partial charge in [0.15, 0.2) is 0 Å². The van der Waals surface area contributed by atoms with Crippen LogP contribution in [0.1, 0.15) is 19.3 Å². The molecule has 0 spiro atoms. The normalized spacial score (nSPS) is 34.2. The Morgan fingerprint density at radius 1 is 1.10 bits per heavy atom. The van der Waals surface area contributed by atoms with Gasteiger partial charge in [-0.1, -0.05) is 6.42 Å². The molecule has 2 nitrogen and oxygen atoms in total. The highest BCUT2D eigenvalue weighted by molar-refractivity contribution is 8.00. The summed E-state index contributed by atoms with van der Waals surface area (Å²) in [5, 5.41) is 18.4. The Kier molecular flexibility index (Phi) is 3.52. The quantitative estimate of drug-likeness (QED) is 0.625. The molecular weight excluding hydrogens is 148 g/mol. The van der Waals surface area contributed by atoms with E-state index >= 15 is 0 Å². The van der Waals surface area contributed by atoms with Crippen LogP contribution in [-0.4, -0.2) is 33.9 Å². The first kappa shape index (κ1) is 8.37. The highest BCUT2D eigenvalue weighted by atomic mass is 32.2. The number of hydrogen-bond donors (Lipinski definition) is 2. The molecule has 10 heavy (non-hydrogen) atoms. The maximum Gasteiger partial charge on any atom is 0.0550 e. The predicted molar refractivity (Wildman–Crippen MR) is 43.2 cm³/mol. The van der Waals surface area contributed by atoms with Crippen molar-refractivity contribution >= 4 is 11.8 Å². The second-order valence-corrected chi connectivity index (χ2v) is 4.28. The molecular formula is C7H14O2S. The van der Waals surface area contributed by atoms with Crippen LogP contribution in [0.25, 0.3) is 0 Å². The fraction of sp³-hybridized carbons (Fsp3) is 1.00. The number of thioether (sulfide) groups is 1. The number of rotatable bonds is 2. The molecule has 60 valence electrons. The molecule has 0 aromatic rings. The summed E-state index contributed by atoms with van der Waals surface area (Å²) in [7, 11) is 0. The van der Waals surface area contributed by atoms with E-state index in [9.17, 15) is 0 Å². The molecule has 0 aromatic heterocycles. The van der Waals surface area contributed by atoms with E-state index in [-0.39, 0.29) is 13.2 Å². The molecule has 1 rings (SSSR count). The third kappa shape index (κ3) is 2.15. The van der Waals surface area contributed by atoms with Gasteiger partial charge in [-0.15, -0.1) is 0 Å². The van der Waals surface area contributed by atoms with Crippen molar-refractivity contribution in [2.75, 3.05) is 13.2 Å². The van der Waals surface area contributed by atoms with Gasteiger partial charge in [0.05, 0.1) is 13.2 Å². The lowest BCUT2D eigenvalue weighted by molar-refractivity contribution is 0.267. The van der Waals surface area contributed by atoms with Gasteiger partial charge >= 0.3 is 0 Å². The predicted octanol–water partition coefficient (Wildman–Crippen LogP) is 0.625. The van der Waals surface area contributed by atoms with Crippen LogP contribution < -0.4 is 0 Å². The van der Waals surface area contributed by atoms with E-state index in [0.717, 1.165) is 19.3 Å². The van der Waals surface area contributed by atoms with Gasteiger partial charge in [-0.05, 0) is 12.8 Å². The van der Waals surface area contributed by atoms with E-state index in [0.29, 0.717) is 10.5 Å². The molecule has 0 saturated carbocycles. The second kappa shape index (κ2) is 4.21. The molecule has 0 bridgehead atoms. The van der Waals surface area contributed by atoms with Crippen molar-refractivity contribution in [3.05, 3.63) is 0 Å². The topological polar surface area (TPSA) is 40.5 Å². The minimum atomic E-state index is 0.265. The lowest BCUT2D eigenvalue weighted by atomic mass is 10.1. The van der Waals surface area contributed by atoms with Crippen LogP contribution in [-0.2, 0) is 0 Å². The van der Waals surface area contributed by atoms with Crippen molar-refractivity contribution < 1.29 is 10.2 Å². The first-order valence-corrected chi connectivity index (χ1v) is 4.68. The summed E-state index contributed by atoms with van der Waals surface area (Å²) < 4.78 is 0. The third-order valence-electron chi connectivity index (χ3n) is 1.84. The molecule has 2 atom stereocenters. The zero-order valence-corrected chi connectivity index (χ0v) is 6.81. The van der Waals surface area contributed by atoms with Crippen molar-refractivity contribution in [1.29, 1.82) is 0 Å². The smallest absolute Gasteiger partial charge is 0.0550 e. The van der Waals surface area contributed by atoms with E-state index in [4.69, 9.17) is 10.2 Å². The molecule has 1 heterocycles. The molecule has 1 saturated heterocycles. The monoisotopic (exact) mass is 162 g/mol. The molecule has 0 radical (unpaired) electrons. The summed E-state index contributed by atoms with van der Waals surface area (Å²) >= 11 is 1.73. The Labute approximate surface area is 65.6 Å². The molecule has 1 aliphatic rings. The SMILES string of the molecule is OC[C@H]1CCC[C@H](CO)S1. The first-order valence-electron chi connectivity index (χ1n) is 3.74. The maximum atomic E-state index is 8.80. The Morgan fingerprint density at radius 3 is 2.00 bits per heavy atom. The fourth-order valence-corrected chi connectivity index (χ4v) is 2.57. The van der Waals surface area contributed by atoms with E-state index < -0.39 is 0 Å². The second-order valence-electron chi connectivity index (χ2n) is 2.68. The number of aliphatic hydroxyl groups excluding tert-OH is 2. The van der Waals surface area contributed by atoms with Crippen molar-refractivity contribution in [2.24, 2.45) is 0 Å². The summed E-state index contributed by atoms with van der Waals surface area (Å²) in [6.45, 7) is 0.530. The maximum absolute atomic E-state index is 8.80. The Morgan fingerprint density at radius 2 is 1.60 bits per heavy atom. The fourth-order valence-electron chi connectivity index (χ4n) is 1.25. The minimum absolute atomic E-state index is 0.265. The van der Waals surface area contributed by atoms with Crippen LogP contribution in [0.2, 0.25) is 0 Å². The standard InChI is InChI=1S/C7H14O2S/c8-4-6-2-1-3-7(5-9)10-6/h6-9H,1-5H2/t6-,7-/m1/s1. The molecule has 3 heteroatoms. The lowest BCUT2D eigenvalue weighted by Gasteiger charge is -2.25. The van der Waals surface area contributed by atoms with Crippen LogP contribution in [0.4, 0.5) is 0 Å². The molecule has 0 aromatic carbocycles. The van der Waals surface area contributed by atoms with Crippen LogP contribution in [0, 0.1) is 0 Å². The van der Waals surface area contributed by atoms with Crippen molar-refractivity contribution in [1.82, 2.24) is 0 Å². The van der Waals surface area contributed by atoms with Gasteiger partial charge in [0.25, 0.3) is 0 Å². The average Bonchev–Trinajstić information content (AvgIpc) is 2.05. The van der Waals surface area contributed by atoms with Crippen LogP contribution >= 0.6 is 11.8 Å². The van der Waals surface area contributed by atoms with Crippen LogP contribution in [0.5, 0.6) is 0 Å². The van der Waals surface area contributed by atoms with Crippen molar-refractivity contribution in [3.63, 3.8) is 0 Å². The van der Waals surface area contributed by atoms with Gasteiger partial charge in [0.2, 0.25) is 0 Å². The van der Waals surface area contributed by atoms with E-state index in [2.05, 4.69) is 0 Å². The van der Waals surface area contributed by atoms with Gasteiger partial charge in [-0.2, -0.15) is 11.8 Å². The first-order chi connectivity index (χ1) is 4.86. The Hall–Kier alpha value is 0.270. The van der Waals surface area contributed by atoms with E-state index in [1.54, 1.807) is 11.8 Å². The highest BCUT2D eigenvalue weighted by Gasteiger charge is 2.20. The van der Waals surface area contributed by atoms with Crippen LogP contribution in [0.3, 0.4) is 0 Å². The lowest BCUT2D eigenvalue weighted by Crippen LogP contribution is -2.22. The van der Waals surface area contributed by atoms with Gasteiger partial charge in [0.1, 0.15) is 0 Å². The zero-order chi connectivity index (χ0) is 7.40. The molecule has 0 aliphatic carbocycles. The Balaban J connectivity index is 2.25. The summed E-state index contributed by atoms with van der Waals surface area (Å²) in [6, 6.07) is 0. The van der Waals surface area contributed by atoms with Crippen LogP contribution in [0.15, 0.2) is 0 Å². The van der Waals surface area contributed by atoms with E-state index in [1.165, 1.54) is 0 Å².